The smallest absolute Gasteiger partial charge is 0.271 e. The Labute approximate surface area is 219 Å². The third kappa shape index (κ3) is 4.14. The number of anilines is 2. The molecule has 0 atom stereocenters. The number of amides is 2. The lowest BCUT2D eigenvalue weighted by Crippen LogP contribution is -2.36. The maximum absolute atomic E-state index is 13.8. The fourth-order valence-electron chi connectivity index (χ4n) is 5.01. The molecule has 11 heteroatoms. The molecule has 1 N–H and O–H groups in total. The zero-order valence-corrected chi connectivity index (χ0v) is 22.7. The van der Waals surface area contributed by atoms with Crippen molar-refractivity contribution in [2.24, 2.45) is 7.05 Å². The number of nitrogens with zero attached hydrogens (tertiary/aromatic N) is 7. The lowest BCUT2D eigenvalue weighted by Gasteiger charge is -2.22. The summed E-state index contributed by atoms with van der Waals surface area (Å²) in [7, 11) is 5.47. The number of hydrogen-bond donors (Lipinski definition) is 1. The molecule has 4 aromatic rings. The van der Waals surface area contributed by atoms with E-state index in [0.29, 0.717) is 41.7 Å². The minimum absolute atomic E-state index is 0.0365. The molecule has 10 nitrogen and oxygen atoms in total. The first-order valence-corrected chi connectivity index (χ1v) is 13.7. The van der Waals surface area contributed by atoms with Crippen LogP contribution in [0.2, 0.25) is 0 Å². The van der Waals surface area contributed by atoms with Crippen LogP contribution in [0, 0.1) is 6.92 Å². The summed E-state index contributed by atoms with van der Waals surface area (Å²) in [4.78, 5) is 44.9. The van der Waals surface area contributed by atoms with Crippen molar-refractivity contribution in [2.45, 2.75) is 64.6 Å². The van der Waals surface area contributed by atoms with Gasteiger partial charge in [-0.15, -0.1) is 11.3 Å². The average molecular weight is 521 g/mol. The van der Waals surface area contributed by atoms with E-state index in [-0.39, 0.29) is 11.8 Å². The topological polar surface area (TPSA) is 101 Å². The Bertz CT molecular complexity index is 1530. The van der Waals surface area contributed by atoms with Gasteiger partial charge in [0.15, 0.2) is 10.9 Å². The molecule has 2 amide bonds. The van der Waals surface area contributed by atoms with E-state index >= 15 is 0 Å². The van der Waals surface area contributed by atoms with E-state index in [0.717, 1.165) is 58.3 Å². The third-order valence-corrected chi connectivity index (χ3v) is 8.35. The van der Waals surface area contributed by atoms with Gasteiger partial charge in [0.05, 0.1) is 24.0 Å². The van der Waals surface area contributed by atoms with Crippen molar-refractivity contribution in [3.63, 3.8) is 0 Å². The highest BCUT2D eigenvalue weighted by molar-refractivity contribution is 7.15. The largest absolute Gasteiger partial charge is 0.349 e. The molecular weight excluding hydrogens is 488 g/mol. The first kappa shape index (κ1) is 23.9. The van der Waals surface area contributed by atoms with E-state index in [4.69, 9.17) is 4.98 Å². The van der Waals surface area contributed by atoms with Gasteiger partial charge in [0, 0.05) is 50.0 Å². The molecule has 0 aliphatic heterocycles. The molecule has 2 fully saturated rings. The van der Waals surface area contributed by atoms with Crippen LogP contribution in [0.15, 0.2) is 12.4 Å². The number of carbonyl (C=O) groups is 2. The van der Waals surface area contributed by atoms with Gasteiger partial charge in [-0.2, -0.15) is 0 Å². The number of thiazole rings is 1. The Kier molecular flexibility index (Phi) is 5.70. The van der Waals surface area contributed by atoms with Crippen molar-refractivity contribution >= 4 is 56.2 Å². The van der Waals surface area contributed by atoms with Crippen molar-refractivity contribution in [1.29, 1.82) is 0 Å². The fourth-order valence-corrected chi connectivity index (χ4v) is 5.96. The number of likely N-dealkylation sites (N-methyl/N-ethyl adjacent to an activating group) is 1. The number of nitrogens with one attached hydrogen (secondary N) is 1. The minimum Gasteiger partial charge on any atom is -0.349 e. The maximum Gasteiger partial charge on any atom is 0.271 e. The summed E-state index contributed by atoms with van der Waals surface area (Å²) in [5, 5.41) is 4.96. The molecule has 37 heavy (non-hydrogen) atoms. The Morgan fingerprint density at radius 2 is 1.86 bits per heavy atom. The lowest BCUT2D eigenvalue weighted by molar-refractivity contribution is -0.127. The Morgan fingerprint density at radius 3 is 2.49 bits per heavy atom. The van der Waals surface area contributed by atoms with Gasteiger partial charge in [-0.25, -0.2) is 15.0 Å². The summed E-state index contributed by atoms with van der Waals surface area (Å²) >= 11 is 1.45. The van der Waals surface area contributed by atoms with Crippen LogP contribution in [-0.4, -0.2) is 71.9 Å². The quantitative estimate of drug-likeness (QED) is 0.379. The first-order valence-electron chi connectivity index (χ1n) is 12.9. The van der Waals surface area contributed by atoms with Crippen molar-refractivity contribution < 1.29 is 9.59 Å². The van der Waals surface area contributed by atoms with Crippen LogP contribution in [0.4, 0.5) is 10.9 Å². The van der Waals surface area contributed by atoms with Crippen molar-refractivity contribution in [1.82, 2.24) is 33.9 Å². The number of aryl methyl sites for hydroxylation is 3. The summed E-state index contributed by atoms with van der Waals surface area (Å²) < 4.78 is 4.01. The lowest BCUT2D eigenvalue weighted by atomic mass is 10.2. The van der Waals surface area contributed by atoms with E-state index in [1.54, 1.807) is 25.3 Å². The van der Waals surface area contributed by atoms with E-state index < -0.39 is 0 Å². The second kappa shape index (κ2) is 8.83. The molecule has 2 aliphatic carbocycles. The molecule has 4 heterocycles. The van der Waals surface area contributed by atoms with E-state index in [9.17, 15) is 9.59 Å². The molecule has 6 rings (SSSR count). The number of pyridine rings is 1. The van der Waals surface area contributed by atoms with Gasteiger partial charge >= 0.3 is 0 Å². The molecule has 0 saturated heterocycles. The Morgan fingerprint density at radius 1 is 1.16 bits per heavy atom. The Hall–Kier alpha value is -3.47. The monoisotopic (exact) mass is 520 g/mol. The molecule has 2 aliphatic rings. The van der Waals surface area contributed by atoms with Crippen LogP contribution in [0.25, 0.3) is 22.1 Å². The van der Waals surface area contributed by atoms with Crippen LogP contribution in [0.5, 0.6) is 0 Å². The number of carbonyl (C=O) groups excluding carboxylic acids is 2. The molecule has 0 bridgehead atoms. The van der Waals surface area contributed by atoms with Crippen molar-refractivity contribution in [3.05, 3.63) is 28.7 Å². The highest BCUT2D eigenvalue weighted by atomic mass is 32.1. The van der Waals surface area contributed by atoms with Gasteiger partial charge in [0.25, 0.3) is 5.91 Å². The first-order chi connectivity index (χ1) is 17.8. The van der Waals surface area contributed by atoms with E-state index in [2.05, 4.69) is 27.1 Å². The number of fused-ring (bicyclic) bond motifs is 3. The SMILES string of the molecule is CCn1c(C(=O)N(C2CC2)C2CC2)cc2c3c(ncn3C)c(Nc3nc(C)c(CC(=O)N(C)C)s3)nc21. The van der Waals surface area contributed by atoms with Crippen LogP contribution in [0.1, 0.15) is 53.7 Å². The standard InChI is InChI=1S/C26H32N8O2S/c1-6-33-18(25(36)34(15-7-8-15)16-9-10-16)11-17-22-21(27-13-32(22)5)23(29-24(17)33)30-26-28-14(2)19(37-26)12-20(35)31(3)4/h11,13,15-16H,6-10,12H2,1-5H3,(H,28,29,30). The van der Waals surface area contributed by atoms with Gasteiger partial charge in [0.2, 0.25) is 5.91 Å². The van der Waals surface area contributed by atoms with Crippen LogP contribution >= 0.6 is 11.3 Å². The Balaban J connectivity index is 1.42. The van der Waals surface area contributed by atoms with Gasteiger partial charge < -0.3 is 24.3 Å². The molecule has 4 aromatic heterocycles. The number of aromatic nitrogens is 5. The molecule has 2 saturated carbocycles. The summed E-state index contributed by atoms with van der Waals surface area (Å²) in [5.74, 6) is 0.741. The number of rotatable bonds is 8. The van der Waals surface area contributed by atoms with Crippen LogP contribution < -0.4 is 5.32 Å². The van der Waals surface area contributed by atoms with Gasteiger partial charge in [-0.05, 0) is 45.6 Å². The van der Waals surface area contributed by atoms with Crippen LogP contribution in [-0.2, 0) is 24.8 Å². The molecule has 0 spiro atoms. The normalized spacial score (nSPS) is 15.5. The van der Waals surface area contributed by atoms with Gasteiger partial charge in [0.1, 0.15) is 16.9 Å². The average Bonchev–Trinajstić information content (AvgIpc) is 3.77. The maximum atomic E-state index is 13.8. The zero-order chi connectivity index (χ0) is 26.0. The predicted molar refractivity (Wildman–Crippen MR) is 144 cm³/mol. The number of hydrogen-bond acceptors (Lipinski definition) is 7. The van der Waals surface area contributed by atoms with E-state index in [1.165, 1.54) is 11.3 Å². The predicted octanol–water partition coefficient (Wildman–Crippen LogP) is 3.85. The number of imidazole rings is 1. The molecule has 0 radical (unpaired) electrons. The van der Waals surface area contributed by atoms with Gasteiger partial charge in [-0.3, -0.25) is 9.59 Å². The summed E-state index contributed by atoms with van der Waals surface area (Å²) in [5.41, 5.74) is 3.92. The third-order valence-electron chi connectivity index (χ3n) is 7.28. The minimum atomic E-state index is 0.0365. The highest BCUT2D eigenvalue weighted by Crippen LogP contribution is 2.40. The van der Waals surface area contributed by atoms with E-state index in [1.807, 2.05) is 29.2 Å². The highest BCUT2D eigenvalue weighted by Gasteiger charge is 2.43. The van der Waals surface area contributed by atoms with Crippen molar-refractivity contribution in [2.75, 3.05) is 19.4 Å². The van der Waals surface area contributed by atoms with Crippen molar-refractivity contribution in [3.8, 4) is 0 Å². The molecule has 0 aromatic carbocycles. The second-order valence-corrected chi connectivity index (χ2v) is 11.4. The molecular formula is C26H32N8O2S. The molecule has 0 unspecified atom stereocenters. The second-order valence-electron chi connectivity index (χ2n) is 10.3. The summed E-state index contributed by atoms with van der Waals surface area (Å²) in [6.45, 7) is 4.60. The summed E-state index contributed by atoms with van der Waals surface area (Å²) in [6, 6.07) is 2.76. The summed E-state index contributed by atoms with van der Waals surface area (Å²) in [6.07, 6.45) is 6.48. The van der Waals surface area contributed by atoms with Gasteiger partial charge in [-0.1, -0.05) is 0 Å². The zero-order valence-electron chi connectivity index (χ0n) is 21.9. The molecule has 194 valence electrons. The van der Waals surface area contributed by atoms with Crippen LogP contribution in [0.3, 0.4) is 0 Å². The fraction of sp³-hybridized carbons (Fsp3) is 0.500.